The van der Waals surface area contributed by atoms with Crippen molar-refractivity contribution in [3.8, 4) is 0 Å². The molecule has 0 aliphatic rings. The van der Waals surface area contributed by atoms with Gasteiger partial charge in [-0.2, -0.15) is 0 Å². The summed E-state index contributed by atoms with van der Waals surface area (Å²) in [6.07, 6.45) is 2.66. The van der Waals surface area contributed by atoms with Crippen molar-refractivity contribution in [3.05, 3.63) is 54.7 Å². The van der Waals surface area contributed by atoms with Crippen molar-refractivity contribution in [2.75, 3.05) is 18.0 Å². The molecule has 0 bridgehead atoms. The molecule has 130 valence electrons. The molecule has 0 amide bonds. The van der Waals surface area contributed by atoms with Gasteiger partial charge in [-0.05, 0) is 30.3 Å². The molecule has 0 unspecified atom stereocenters. The minimum atomic E-state index is -4.16. The molecule has 0 atom stereocenters. The van der Waals surface area contributed by atoms with Gasteiger partial charge in [0.05, 0.1) is 12.8 Å². The predicted octanol–water partition coefficient (Wildman–Crippen LogP) is 1.24. The Hall–Kier alpha value is -3.01. The van der Waals surface area contributed by atoms with E-state index >= 15 is 0 Å². The van der Waals surface area contributed by atoms with Crippen LogP contribution in [0.3, 0.4) is 0 Å². The van der Waals surface area contributed by atoms with Crippen molar-refractivity contribution >= 4 is 27.3 Å². The summed E-state index contributed by atoms with van der Waals surface area (Å²) in [6, 6.07) is 7.76. The van der Waals surface area contributed by atoms with Crippen molar-refractivity contribution < 1.29 is 22.3 Å². The van der Waals surface area contributed by atoms with E-state index in [1.165, 1.54) is 47.3 Å². The van der Waals surface area contributed by atoms with Gasteiger partial charge in [0.1, 0.15) is 23.6 Å². The fourth-order valence-corrected chi connectivity index (χ4v) is 3.62. The summed E-state index contributed by atoms with van der Waals surface area (Å²) in [6.45, 7) is -0.595. The molecule has 25 heavy (non-hydrogen) atoms. The zero-order valence-corrected chi connectivity index (χ0v) is 13.9. The Morgan fingerprint density at radius 3 is 2.84 bits per heavy atom. The second-order valence-corrected chi connectivity index (χ2v) is 6.89. The maximum Gasteiger partial charge on any atom is 0.326 e. The number of aromatic nitrogens is 3. The zero-order valence-electron chi connectivity index (χ0n) is 13.0. The van der Waals surface area contributed by atoms with E-state index in [0.29, 0.717) is 5.65 Å². The molecule has 0 radical (unpaired) electrons. The summed E-state index contributed by atoms with van der Waals surface area (Å²) in [5, 5.41) is 7.48. The van der Waals surface area contributed by atoms with Gasteiger partial charge < -0.3 is 4.74 Å². The molecule has 0 aliphatic carbocycles. The molecule has 10 heteroatoms. The number of carbonyl (C=O) groups is 1. The highest BCUT2D eigenvalue weighted by molar-refractivity contribution is 7.92. The summed E-state index contributed by atoms with van der Waals surface area (Å²) >= 11 is 0. The van der Waals surface area contributed by atoms with Crippen molar-refractivity contribution in [2.24, 2.45) is 0 Å². The zero-order chi connectivity index (χ0) is 18.0. The van der Waals surface area contributed by atoms with E-state index in [4.69, 9.17) is 0 Å². The Kier molecular flexibility index (Phi) is 4.36. The number of pyridine rings is 1. The molecular weight excluding hydrogens is 351 g/mol. The van der Waals surface area contributed by atoms with Crippen molar-refractivity contribution in [1.29, 1.82) is 0 Å². The summed E-state index contributed by atoms with van der Waals surface area (Å²) in [5.74, 6) is -1.41. The van der Waals surface area contributed by atoms with E-state index in [0.717, 1.165) is 17.5 Å². The van der Waals surface area contributed by atoms with Crippen LogP contribution < -0.4 is 4.31 Å². The third kappa shape index (κ3) is 3.29. The quantitative estimate of drug-likeness (QED) is 0.632. The number of methoxy groups -OCH3 is 1. The van der Waals surface area contributed by atoms with E-state index in [2.05, 4.69) is 14.9 Å². The number of esters is 1. The molecule has 0 saturated heterocycles. The highest BCUT2D eigenvalue weighted by Gasteiger charge is 2.28. The van der Waals surface area contributed by atoms with Crippen LogP contribution in [0.15, 0.2) is 53.8 Å². The predicted molar refractivity (Wildman–Crippen MR) is 85.9 cm³/mol. The van der Waals surface area contributed by atoms with Crippen LogP contribution >= 0.6 is 0 Å². The first-order valence-corrected chi connectivity index (χ1v) is 8.50. The first-order valence-electron chi connectivity index (χ1n) is 7.06. The maximum atomic E-state index is 13.5. The molecule has 1 aromatic carbocycles. The number of rotatable bonds is 5. The highest BCUT2D eigenvalue weighted by atomic mass is 32.2. The molecule has 0 N–H and O–H groups in total. The van der Waals surface area contributed by atoms with Crippen LogP contribution in [0.4, 0.5) is 10.1 Å². The Morgan fingerprint density at radius 2 is 2.12 bits per heavy atom. The number of benzene rings is 1. The molecule has 3 aromatic rings. The monoisotopic (exact) mass is 364 g/mol. The van der Waals surface area contributed by atoms with Gasteiger partial charge in [-0.3, -0.25) is 13.5 Å². The first-order chi connectivity index (χ1) is 11.9. The van der Waals surface area contributed by atoms with Gasteiger partial charge in [0.15, 0.2) is 5.65 Å². The number of halogens is 1. The fourth-order valence-electron chi connectivity index (χ4n) is 2.21. The third-order valence-electron chi connectivity index (χ3n) is 3.45. The lowest BCUT2D eigenvalue weighted by Crippen LogP contribution is -2.36. The Balaban J connectivity index is 2.10. The van der Waals surface area contributed by atoms with Gasteiger partial charge in [-0.15, -0.1) is 10.2 Å². The summed E-state index contributed by atoms with van der Waals surface area (Å²) < 4.78 is 46.3. The molecule has 0 aliphatic heterocycles. The number of carbonyl (C=O) groups excluding carboxylic acids is 1. The second-order valence-electron chi connectivity index (χ2n) is 5.03. The van der Waals surface area contributed by atoms with E-state index < -0.39 is 28.4 Å². The van der Waals surface area contributed by atoms with Crippen LogP contribution in [0.5, 0.6) is 0 Å². The summed E-state index contributed by atoms with van der Waals surface area (Å²) in [5.41, 5.74) is 0.471. The van der Waals surface area contributed by atoms with Crippen LogP contribution in [-0.2, 0) is 19.6 Å². The van der Waals surface area contributed by atoms with E-state index in [9.17, 15) is 17.6 Å². The molecule has 0 spiro atoms. The van der Waals surface area contributed by atoms with E-state index in [1.54, 1.807) is 0 Å². The van der Waals surface area contributed by atoms with Gasteiger partial charge in [0.2, 0.25) is 0 Å². The minimum absolute atomic E-state index is 0.00857. The molecule has 0 fully saturated rings. The van der Waals surface area contributed by atoms with Crippen LogP contribution in [0.25, 0.3) is 5.65 Å². The van der Waals surface area contributed by atoms with Gasteiger partial charge in [0.25, 0.3) is 10.0 Å². The van der Waals surface area contributed by atoms with Gasteiger partial charge in [0, 0.05) is 6.20 Å². The SMILES string of the molecule is COC(=O)CN(c1cccc(F)c1)S(=O)(=O)c1ccc2nncn2c1. The smallest absolute Gasteiger partial charge is 0.326 e. The van der Waals surface area contributed by atoms with Crippen LogP contribution in [0.2, 0.25) is 0 Å². The van der Waals surface area contributed by atoms with E-state index in [-0.39, 0.29) is 10.6 Å². The first kappa shape index (κ1) is 16.8. The third-order valence-corrected chi connectivity index (χ3v) is 5.21. The van der Waals surface area contributed by atoms with E-state index in [1.807, 2.05) is 0 Å². The number of hydrogen-bond donors (Lipinski definition) is 0. The molecular formula is C15H13FN4O4S. The molecule has 3 rings (SSSR count). The second kappa shape index (κ2) is 6.48. The maximum absolute atomic E-state index is 13.5. The number of sulfonamides is 1. The number of hydrogen-bond acceptors (Lipinski definition) is 6. The molecule has 0 saturated carbocycles. The van der Waals surface area contributed by atoms with Crippen LogP contribution in [-0.4, -0.2) is 42.6 Å². The average Bonchev–Trinajstić information content (AvgIpc) is 3.06. The lowest BCUT2D eigenvalue weighted by Gasteiger charge is -2.23. The lowest BCUT2D eigenvalue weighted by atomic mass is 10.3. The van der Waals surface area contributed by atoms with Gasteiger partial charge in [-0.1, -0.05) is 6.07 Å². The average molecular weight is 364 g/mol. The van der Waals surface area contributed by atoms with Crippen molar-refractivity contribution in [1.82, 2.24) is 14.6 Å². The Bertz CT molecular complexity index is 1030. The molecule has 2 heterocycles. The minimum Gasteiger partial charge on any atom is -0.468 e. The van der Waals surface area contributed by atoms with Crippen molar-refractivity contribution in [3.63, 3.8) is 0 Å². The molecule has 8 nitrogen and oxygen atoms in total. The summed E-state index contributed by atoms with van der Waals surface area (Å²) in [4.78, 5) is 11.6. The van der Waals surface area contributed by atoms with Crippen LogP contribution in [0.1, 0.15) is 0 Å². The van der Waals surface area contributed by atoms with Gasteiger partial charge >= 0.3 is 5.97 Å². The fraction of sp³-hybridized carbons (Fsp3) is 0.133. The summed E-state index contributed by atoms with van der Waals surface area (Å²) in [7, 11) is -3.02. The largest absolute Gasteiger partial charge is 0.468 e. The Morgan fingerprint density at radius 1 is 1.32 bits per heavy atom. The molecule has 2 aromatic heterocycles. The van der Waals surface area contributed by atoms with Gasteiger partial charge in [-0.25, -0.2) is 12.8 Å². The number of ether oxygens (including phenoxy) is 1. The normalized spacial score (nSPS) is 11.4. The van der Waals surface area contributed by atoms with Crippen molar-refractivity contribution in [2.45, 2.75) is 4.90 Å². The topological polar surface area (TPSA) is 93.9 Å². The number of fused-ring (bicyclic) bond motifs is 1. The Labute approximate surface area is 142 Å². The number of anilines is 1. The standard InChI is InChI=1S/C15H13FN4O4S/c1-24-15(21)9-20(12-4-2-3-11(16)7-12)25(22,23)13-5-6-14-18-17-10-19(14)8-13/h2-8,10H,9H2,1H3. The number of nitrogens with zero attached hydrogens (tertiary/aromatic N) is 4. The lowest BCUT2D eigenvalue weighted by molar-refractivity contribution is -0.138. The highest BCUT2D eigenvalue weighted by Crippen LogP contribution is 2.24. The van der Waals surface area contributed by atoms with Crippen LogP contribution in [0, 0.1) is 5.82 Å².